The van der Waals surface area contributed by atoms with Gasteiger partial charge in [0.05, 0.1) is 24.9 Å². The van der Waals surface area contributed by atoms with E-state index in [0.29, 0.717) is 16.9 Å². The van der Waals surface area contributed by atoms with Crippen LogP contribution in [-0.4, -0.2) is 73.2 Å². The van der Waals surface area contributed by atoms with Crippen LogP contribution in [0.15, 0.2) is 72.8 Å². The zero-order chi connectivity index (χ0) is 34.0. The number of amides is 2. The third-order valence-corrected chi connectivity index (χ3v) is 9.28. The van der Waals surface area contributed by atoms with Gasteiger partial charge in [-0.15, -0.1) is 0 Å². The second kappa shape index (κ2) is 16.3. The van der Waals surface area contributed by atoms with Gasteiger partial charge in [0.15, 0.2) is 0 Å². The predicted molar refractivity (Wildman–Crippen MR) is 181 cm³/mol. The van der Waals surface area contributed by atoms with Crippen molar-refractivity contribution in [3.8, 4) is 16.9 Å². The molecular formula is C36H46N2O8S. The van der Waals surface area contributed by atoms with Crippen molar-refractivity contribution in [2.24, 2.45) is 0 Å². The lowest BCUT2D eigenvalue weighted by molar-refractivity contribution is 0.0117. The van der Waals surface area contributed by atoms with E-state index in [1.165, 1.54) is 4.90 Å². The first-order chi connectivity index (χ1) is 22.3. The second-order valence-corrected chi connectivity index (χ2v) is 14.7. The Morgan fingerprint density at radius 3 is 2.28 bits per heavy atom. The predicted octanol–water partition coefficient (Wildman–Crippen LogP) is 5.80. The maximum Gasteiger partial charge on any atom is 0.410 e. The smallest absolute Gasteiger partial charge is 0.410 e. The van der Waals surface area contributed by atoms with Crippen LogP contribution < -0.4 is 9.46 Å². The molecule has 0 unspecified atom stereocenters. The number of carbonyl (C=O) groups excluding carboxylic acids is 2. The molecule has 11 heteroatoms. The van der Waals surface area contributed by atoms with Gasteiger partial charge in [-0.25, -0.2) is 17.9 Å². The summed E-state index contributed by atoms with van der Waals surface area (Å²) in [5.41, 5.74) is 2.98. The summed E-state index contributed by atoms with van der Waals surface area (Å²) in [5.74, 6) is -0.222. The number of rotatable bonds is 14. The van der Waals surface area contributed by atoms with E-state index in [1.54, 1.807) is 45.0 Å². The Balaban J connectivity index is 1.44. The van der Waals surface area contributed by atoms with Crippen molar-refractivity contribution >= 4 is 22.0 Å². The molecule has 0 radical (unpaired) electrons. The molecule has 3 aromatic rings. The van der Waals surface area contributed by atoms with E-state index in [1.807, 2.05) is 48.5 Å². The highest BCUT2D eigenvalue weighted by Gasteiger charge is 2.26. The maximum absolute atomic E-state index is 13.1. The van der Waals surface area contributed by atoms with Crippen LogP contribution >= 0.6 is 0 Å². The van der Waals surface area contributed by atoms with Gasteiger partial charge in [0, 0.05) is 12.2 Å². The monoisotopic (exact) mass is 666 g/mol. The zero-order valence-electron chi connectivity index (χ0n) is 27.4. The van der Waals surface area contributed by atoms with Gasteiger partial charge in [0.25, 0.3) is 5.91 Å². The third kappa shape index (κ3) is 10.8. The molecule has 1 aliphatic carbocycles. The highest BCUT2D eigenvalue weighted by Crippen LogP contribution is 2.38. The molecule has 10 nitrogen and oxygen atoms in total. The molecule has 1 atom stereocenters. The first kappa shape index (κ1) is 35.9. The minimum Gasteiger partial charge on any atom is -0.492 e. The van der Waals surface area contributed by atoms with Crippen LogP contribution in [0.25, 0.3) is 11.1 Å². The molecule has 0 spiro atoms. The number of nitrogens with zero attached hydrogens (tertiary/aromatic N) is 1. The van der Waals surface area contributed by atoms with Crippen molar-refractivity contribution in [1.29, 1.82) is 0 Å². The van der Waals surface area contributed by atoms with E-state index in [2.05, 4.69) is 4.72 Å². The molecule has 4 rings (SSSR count). The number of aliphatic hydroxyl groups is 2. The van der Waals surface area contributed by atoms with E-state index in [0.717, 1.165) is 42.4 Å². The number of benzene rings is 3. The largest absolute Gasteiger partial charge is 0.492 e. The van der Waals surface area contributed by atoms with Crippen LogP contribution in [-0.2, 0) is 14.8 Å². The molecule has 3 aromatic carbocycles. The first-order valence-corrected chi connectivity index (χ1v) is 17.7. The summed E-state index contributed by atoms with van der Waals surface area (Å²) in [6, 6.07) is 22.1. The van der Waals surface area contributed by atoms with Crippen LogP contribution in [0.3, 0.4) is 0 Å². The van der Waals surface area contributed by atoms with E-state index in [9.17, 15) is 23.1 Å². The van der Waals surface area contributed by atoms with Gasteiger partial charge < -0.3 is 24.6 Å². The molecule has 1 aliphatic rings. The van der Waals surface area contributed by atoms with Crippen LogP contribution in [0.5, 0.6) is 5.75 Å². The summed E-state index contributed by atoms with van der Waals surface area (Å²) in [7, 11) is -3.86. The number of hydrogen-bond donors (Lipinski definition) is 3. The average molecular weight is 667 g/mol. The fourth-order valence-electron chi connectivity index (χ4n) is 5.62. The van der Waals surface area contributed by atoms with E-state index < -0.39 is 33.7 Å². The van der Waals surface area contributed by atoms with Gasteiger partial charge in [-0.3, -0.25) is 4.79 Å². The van der Waals surface area contributed by atoms with Gasteiger partial charge in [0.2, 0.25) is 10.0 Å². The topological polar surface area (TPSA) is 142 Å². The molecule has 254 valence electrons. The molecule has 0 saturated heterocycles. The van der Waals surface area contributed by atoms with Crippen LogP contribution in [0.1, 0.15) is 86.4 Å². The molecular weight excluding hydrogens is 620 g/mol. The Morgan fingerprint density at radius 2 is 1.64 bits per heavy atom. The number of ether oxygens (including phenoxy) is 2. The summed E-state index contributed by atoms with van der Waals surface area (Å²) in [4.78, 5) is 27.5. The number of aliphatic hydroxyl groups excluding tert-OH is 2. The Morgan fingerprint density at radius 1 is 0.979 bits per heavy atom. The zero-order valence-corrected chi connectivity index (χ0v) is 28.2. The first-order valence-electron chi connectivity index (χ1n) is 16.1. The van der Waals surface area contributed by atoms with Crippen molar-refractivity contribution in [3.63, 3.8) is 0 Å². The number of nitrogens with one attached hydrogen (secondary N) is 1. The Hall–Kier alpha value is -3.93. The molecule has 0 heterocycles. The van der Waals surface area contributed by atoms with Crippen molar-refractivity contribution in [2.75, 3.05) is 32.1 Å². The highest BCUT2D eigenvalue weighted by atomic mass is 32.2. The van der Waals surface area contributed by atoms with E-state index in [-0.39, 0.29) is 44.4 Å². The summed E-state index contributed by atoms with van der Waals surface area (Å²) >= 11 is 0. The molecule has 2 amide bonds. The SMILES string of the molecule is CC(C)(C)OC(=O)N(CCOc1ccc(-c2ccc(C(=O)NS(=O)(=O)CCCO)c(C3CCCC3)c2)cc1)C[C@H](O)c1ccccc1. The van der Waals surface area contributed by atoms with Crippen molar-refractivity contribution in [2.45, 2.75) is 70.5 Å². The molecule has 1 saturated carbocycles. The Kier molecular flexibility index (Phi) is 12.4. The number of hydrogen-bond acceptors (Lipinski definition) is 8. The lowest BCUT2D eigenvalue weighted by atomic mass is 9.89. The molecule has 0 bridgehead atoms. The minimum atomic E-state index is -3.86. The van der Waals surface area contributed by atoms with Crippen LogP contribution in [0.4, 0.5) is 4.79 Å². The summed E-state index contributed by atoms with van der Waals surface area (Å²) < 4.78 is 38.4. The van der Waals surface area contributed by atoms with Gasteiger partial charge >= 0.3 is 6.09 Å². The highest BCUT2D eigenvalue weighted by molar-refractivity contribution is 7.90. The van der Waals surface area contributed by atoms with E-state index >= 15 is 0 Å². The fourth-order valence-corrected chi connectivity index (χ4v) is 6.62. The second-order valence-electron chi connectivity index (χ2n) is 12.8. The number of sulfonamides is 1. The van der Waals surface area contributed by atoms with E-state index in [4.69, 9.17) is 14.6 Å². The van der Waals surface area contributed by atoms with Gasteiger partial charge in [-0.05, 0) is 86.4 Å². The van der Waals surface area contributed by atoms with Crippen molar-refractivity contribution in [3.05, 3.63) is 89.5 Å². The standard InChI is InChI=1S/C36H46N2O8S/c1-36(2,3)46-35(42)38(25-33(40)28-12-5-4-6-13-28)20-22-45-30-17-14-26(15-18-30)29-16-19-31(32(24-29)27-10-7-8-11-27)34(41)37-47(43,44)23-9-21-39/h4-6,12-19,24,27,33,39-40H,7-11,20-23,25H2,1-3H3,(H,37,41)/t33-/m0/s1. The Bertz CT molecular complexity index is 1580. The molecule has 0 aliphatic heterocycles. The molecule has 3 N–H and O–H groups in total. The summed E-state index contributed by atoms with van der Waals surface area (Å²) in [6.07, 6.45) is 2.58. The van der Waals surface area contributed by atoms with Crippen molar-refractivity contribution in [1.82, 2.24) is 9.62 Å². The number of carbonyl (C=O) groups is 2. The van der Waals surface area contributed by atoms with Crippen molar-refractivity contribution < 1.29 is 37.7 Å². The summed E-state index contributed by atoms with van der Waals surface area (Å²) in [5, 5.41) is 19.8. The van der Waals surface area contributed by atoms with Crippen LogP contribution in [0, 0.1) is 0 Å². The molecule has 1 fully saturated rings. The average Bonchev–Trinajstić information content (AvgIpc) is 3.58. The molecule has 47 heavy (non-hydrogen) atoms. The normalized spacial score (nSPS) is 14.4. The van der Waals surface area contributed by atoms with Crippen LogP contribution in [0.2, 0.25) is 0 Å². The fraction of sp³-hybridized carbons (Fsp3) is 0.444. The third-order valence-electron chi connectivity index (χ3n) is 7.96. The van der Waals surface area contributed by atoms with Gasteiger partial charge in [-0.2, -0.15) is 0 Å². The quantitative estimate of drug-likeness (QED) is 0.196. The lowest BCUT2D eigenvalue weighted by Gasteiger charge is -2.29. The maximum atomic E-state index is 13.1. The van der Waals surface area contributed by atoms with Gasteiger partial charge in [-0.1, -0.05) is 67.4 Å². The lowest BCUT2D eigenvalue weighted by Crippen LogP contribution is -2.41. The Labute approximate surface area is 277 Å². The summed E-state index contributed by atoms with van der Waals surface area (Å²) in [6.45, 7) is 5.52. The molecule has 0 aromatic heterocycles. The van der Waals surface area contributed by atoms with Gasteiger partial charge in [0.1, 0.15) is 18.0 Å². The minimum absolute atomic E-state index is 0.0488.